The third-order valence-corrected chi connectivity index (χ3v) is 10.4. The fourth-order valence-electron chi connectivity index (χ4n) is 6.44. The maximum absolute atomic E-state index is 13.8. The summed E-state index contributed by atoms with van der Waals surface area (Å²) < 4.78 is 73.3. The molecule has 5 aromatic carbocycles. The quantitative estimate of drug-likeness (QED) is 0.0744. The Morgan fingerprint density at radius 2 is 0.944 bits per heavy atom. The molecule has 54 heavy (non-hydrogen) atoms. The fourth-order valence-corrected chi connectivity index (χ4v) is 7.69. The molecule has 1 aliphatic heterocycles. The van der Waals surface area contributed by atoms with Gasteiger partial charge in [0.05, 0.1) is 46.2 Å². The van der Waals surface area contributed by atoms with E-state index >= 15 is 0 Å². The van der Waals surface area contributed by atoms with E-state index in [9.17, 15) is 8.42 Å². The minimum atomic E-state index is -4.23. The first kappa shape index (κ1) is 39.5. The zero-order chi connectivity index (χ0) is 37.5. The molecule has 0 bridgehead atoms. The predicted molar refractivity (Wildman–Crippen MR) is 205 cm³/mol. The van der Waals surface area contributed by atoms with Crippen molar-refractivity contribution in [1.29, 1.82) is 0 Å². The van der Waals surface area contributed by atoms with E-state index in [0.717, 1.165) is 27.8 Å². The molecule has 0 amide bonds. The summed E-state index contributed by atoms with van der Waals surface area (Å²) >= 11 is 0. The molecule has 1 fully saturated rings. The van der Waals surface area contributed by atoms with Crippen LogP contribution in [-0.4, -0.2) is 57.6 Å². The SMILES string of the molecule is CCOS(=O)(=O)C[C@@]1(OCc2ccccc2)O[C@H](COCc2ccccc2)[C@@H](OCc2ccccc2)[C@H](OCc2ccccc2)[C@H]1OCc1ccccc1. The standard InChI is InChI=1S/C44H48O9S/c1-2-52-54(45,46)34-44(51-32-39-26-16-7-17-27-39)43(50-31-38-24-14-6-15-25-38)42(49-30-37-22-12-5-13-23-37)41(48-29-36-20-10-4-11-21-36)40(53-44)33-47-28-35-18-8-3-9-19-35/h3-27,40-43H,2,28-34H2,1H3/t40-,41-,42+,43-,44-/m1/s1. The van der Waals surface area contributed by atoms with Crippen LogP contribution in [0.2, 0.25) is 0 Å². The lowest BCUT2D eigenvalue weighted by Crippen LogP contribution is -2.70. The van der Waals surface area contributed by atoms with Gasteiger partial charge < -0.3 is 28.4 Å². The van der Waals surface area contributed by atoms with Crippen molar-refractivity contribution >= 4 is 10.1 Å². The normalized spacial score (nSPS) is 21.5. The van der Waals surface area contributed by atoms with Crippen molar-refractivity contribution in [2.75, 3.05) is 19.0 Å². The smallest absolute Gasteiger partial charge is 0.272 e. The average molecular weight is 753 g/mol. The summed E-state index contributed by atoms with van der Waals surface area (Å²) in [5.41, 5.74) is 4.53. The van der Waals surface area contributed by atoms with Crippen molar-refractivity contribution in [3.8, 4) is 0 Å². The van der Waals surface area contributed by atoms with Crippen molar-refractivity contribution in [2.24, 2.45) is 0 Å². The van der Waals surface area contributed by atoms with E-state index in [1.807, 2.05) is 152 Å². The minimum Gasteiger partial charge on any atom is -0.374 e. The zero-order valence-corrected chi connectivity index (χ0v) is 31.3. The number of hydrogen-bond acceptors (Lipinski definition) is 9. The molecule has 0 aliphatic carbocycles. The van der Waals surface area contributed by atoms with Crippen LogP contribution in [0.15, 0.2) is 152 Å². The molecule has 0 radical (unpaired) electrons. The molecule has 6 rings (SSSR count). The van der Waals surface area contributed by atoms with Crippen molar-refractivity contribution in [3.63, 3.8) is 0 Å². The highest BCUT2D eigenvalue weighted by Gasteiger charge is 2.60. The second kappa shape index (κ2) is 19.9. The monoisotopic (exact) mass is 752 g/mol. The Hall–Kier alpha value is -4.23. The number of ether oxygens (including phenoxy) is 6. The first-order valence-electron chi connectivity index (χ1n) is 18.2. The molecular weight excluding hydrogens is 705 g/mol. The van der Waals surface area contributed by atoms with Crippen LogP contribution >= 0.6 is 0 Å². The topological polar surface area (TPSA) is 98.8 Å². The van der Waals surface area contributed by atoms with E-state index in [1.54, 1.807) is 6.92 Å². The van der Waals surface area contributed by atoms with Crippen molar-refractivity contribution in [3.05, 3.63) is 179 Å². The molecule has 10 heteroatoms. The summed E-state index contributed by atoms with van der Waals surface area (Å²) in [6.07, 6.45) is -3.66. The molecule has 284 valence electrons. The fraction of sp³-hybridized carbons (Fsp3) is 0.318. The first-order chi connectivity index (χ1) is 26.4. The minimum absolute atomic E-state index is 0.0201. The van der Waals surface area contributed by atoms with Crippen molar-refractivity contribution < 1.29 is 41.0 Å². The van der Waals surface area contributed by atoms with Gasteiger partial charge in [-0.05, 0) is 34.7 Å². The predicted octanol–water partition coefficient (Wildman–Crippen LogP) is 7.64. The molecule has 0 aromatic heterocycles. The van der Waals surface area contributed by atoms with Crippen LogP contribution in [0.25, 0.3) is 0 Å². The molecule has 1 heterocycles. The number of rotatable bonds is 20. The highest BCUT2D eigenvalue weighted by atomic mass is 32.2. The van der Waals surface area contributed by atoms with Gasteiger partial charge in [0.2, 0.25) is 5.79 Å². The Kier molecular flexibility index (Phi) is 14.5. The van der Waals surface area contributed by atoms with Gasteiger partial charge in [-0.2, -0.15) is 8.42 Å². The van der Waals surface area contributed by atoms with E-state index in [2.05, 4.69) is 0 Å². The molecule has 0 spiro atoms. The van der Waals surface area contributed by atoms with E-state index in [-0.39, 0.29) is 39.6 Å². The van der Waals surface area contributed by atoms with Crippen molar-refractivity contribution in [2.45, 2.75) is 70.2 Å². The number of benzene rings is 5. The molecule has 1 saturated heterocycles. The highest BCUT2D eigenvalue weighted by molar-refractivity contribution is 7.86. The molecule has 0 saturated carbocycles. The summed E-state index contributed by atoms with van der Waals surface area (Å²) in [5.74, 6) is -2.60. The molecule has 0 unspecified atom stereocenters. The molecular formula is C44H48O9S. The summed E-state index contributed by atoms with van der Waals surface area (Å²) in [5, 5.41) is 0. The van der Waals surface area contributed by atoms with Crippen LogP contribution in [0, 0.1) is 0 Å². The van der Waals surface area contributed by atoms with Gasteiger partial charge in [0, 0.05) is 0 Å². The van der Waals surface area contributed by atoms with Crippen LogP contribution in [0.5, 0.6) is 0 Å². The van der Waals surface area contributed by atoms with Crippen LogP contribution in [0.3, 0.4) is 0 Å². The Balaban J connectivity index is 1.44. The maximum Gasteiger partial charge on any atom is 0.272 e. The van der Waals surface area contributed by atoms with Gasteiger partial charge in [-0.25, -0.2) is 0 Å². The van der Waals surface area contributed by atoms with Crippen molar-refractivity contribution in [1.82, 2.24) is 0 Å². The van der Waals surface area contributed by atoms with Gasteiger partial charge in [0.1, 0.15) is 30.2 Å². The molecule has 9 nitrogen and oxygen atoms in total. The average Bonchev–Trinajstić information content (AvgIpc) is 3.20. The Morgan fingerprint density at radius 3 is 1.41 bits per heavy atom. The van der Waals surface area contributed by atoms with Gasteiger partial charge >= 0.3 is 0 Å². The summed E-state index contributed by atoms with van der Waals surface area (Å²) in [6.45, 7) is 2.45. The Labute approximate surface area is 318 Å². The third-order valence-electron chi connectivity index (χ3n) is 9.01. The second-order valence-electron chi connectivity index (χ2n) is 13.1. The van der Waals surface area contributed by atoms with Gasteiger partial charge in [-0.15, -0.1) is 0 Å². The second-order valence-corrected chi connectivity index (χ2v) is 14.7. The Bertz CT molecular complexity index is 1900. The van der Waals surface area contributed by atoms with Gasteiger partial charge in [-0.1, -0.05) is 152 Å². The molecule has 5 atom stereocenters. The van der Waals surface area contributed by atoms with E-state index < -0.39 is 46.1 Å². The molecule has 5 aromatic rings. The zero-order valence-electron chi connectivity index (χ0n) is 30.5. The van der Waals surface area contributed by atoms with E-state index in [4.69, 9.17) is 32.6 Å². The van der Waals surface area contributed by atoms with Crippen LogP contribution < -0.4 is 0 Å². The lowest BCUT2D eigenvalue weighted by molar-refractivity contribution is -0.377. The summed E-state index contributed by atoms with van der Waals surface area (Å²) in [6, 6.07) is 48.5. The van der Waals surface area contributed by atoms with Gasteiger partial charge in [0.25, 0.3) is 10.1 Å². The van der Waals surface area contributed by atoms with Crippen LogP contribution in [0.4, 0.5) is 0 Å². The number of hydrogen-bond donors (Lipinski definition) is 0. The highest BCUT2D eigenvalue weighted by Crippen LogP contribution is 2.40. The maximum atomic E-state index is 13.8. The van der Waals surface area contributed by atoms with Crippen LogP contribution in [0.1, 0.15) is 34.7 Å². The van der Waals surface area contributed by atoms with Gasteiger partial charge in [-0.3, -0.25) is 4.18 Å². The van der Waals surface area contributed by atoms with E-state index in [0.29, 0.717) is 6.61 Å². The summed E-state index contributed by atoms with van der Waals surface area (Å²) in [7, 11) is -4.23. The van der Waals surface area contributed by atoms with Crippen LogP contribution in [-0.2, 0) is 75.8 Å². The lowest BCUT2D eigenvalue weighted by Gasteiger charge is -2.52. The Morgan fingerprint density at radius 1 is 0.537 bits per heavy atom. The summed E-state index contributed by atoms with van der Waals surface area (Å²) in [4.78, 5) is 0. The van der Waals surface area contributed by atoms with Gasteiger partial charge in [0.15, 0.2) is 0 Å². The first-order valence-corrected chi connectivity index (χ1v) is 19.8. The third kappa shape index (κ3) is 11.4. The van der Waals surface area contributed by atoms with E-state index in [1.165, 1.54) is 0 Å². The molecule has 1 aliphatic rings. The largest absolute Gasteiger partial charge is 0.374 e. The lowest BCUT2D eigenvalue weighted by atomic mass is 9.92. The molecule has 0 N–H and O–H groups in total.